The molecule has 6 nitrogen and oxygen atoms in total. The first-order valence-electron chi connectivity index (χ1n) is 10.5. The van der Waals surface area contributed by atoms with E-state index >= 15 is 0 Å². The topological polar surface area (TPSA) is 82.5 Å². The SMILES string of the molecule is CCc1nn(Cc2nc3cccc(C)c3cc2-c2ccccc2C)c2ncnc(N)c12. The molecule has 0 aliphatic rings. The van der Waals surface area contributed by atoms with Crippen molar-refractivity contribution in [3.05, 3.63) is 77.4 Å². The summed E-state index contributed by atoms with van der Waals surface area (Å²) in [7, 11) is 0. The van der Waals surface area contributed by atoms with E-state index in [9.17, 15) is 0 Å². The Morgan fingerprint density at radius 2 is 1.71 bits per heavy atom. The van der Waals surface area contributed by atoms with E-state index in [0.717, 1.165) is 45.3 Å². The van der Waals surface area contributed by atoms with E-state index in [-0.39, 0.29) is 0 Å². The van der Waals surface area contributed by atoms with E-state index in [1.165, 1.54) is 23.0 Å². The largest absolute Gasteiger partial charge is 0.383 e. The lowest BCUT2D eigenvalue weighted by Gasteiger charge is -2.14. The van der Waals surface area contributed by atoms with Crippen LogP contribution < -0.4 is 5.73 Å². The highest BCUT2D eigenvalue weighted by Crippen LogP contribution is 2.31. The molecule has 0 fully saturated rings. The number of fused-ring (bicyclic) bond motifs is 2. The van der Waals surface area contributed by atoms with Crippen LogP contribution >= 0.6 is 0 Å². The third kappa shape index (κ3) is 3.20. The van der Waals surface area contributed by atoms with Crippen LogP contribution in [-0.2, 0) is 13.0 Å². The van der Waals surface area contributed by atoms with Gasteiger partial charge in [0.25, 0.3) is 0 Å². The van der Waals surface area contributed by atoms with Crippen LogP contribution in [0.2, 0.25) is 0 Å². The van der Waals surface area contributed by atoms with Gasteiger partial charge in [0.1, 0.15) is 12.1 Å². The van der Waals surface area contributed by atoms with Crippen molar-refractivity contribution in [2.24, 2.45) is 0 Å². The lowest BCUT2D eigenvalue weighted by molar-refractivity contribution is 0.678. The second-order valence-corrected chi connectivity index (χ2v) is 7.85. The maximum Gasteiger partial charge on any atom is 0.163 e. The van der Waals surface area contributed by atoms with Gasteiger partial charge < -0.3 is 5.73 Å². The van der Waals surface area contributed by atoms with E-state index in [4.69, 9.17) is 15.8 Å². The third-order valence-electron chi connectivity index (χ3n) is 5.86. The molecule has 0 saturated carbocycles. The smallest absolute Gasteiger partial charge is 0.163 e. The lowest BCUT2D eigenvalue weighted by Crippen LogP contribution is -2.07. The minimum Gasteiger partial charge on any atom is -0.383 e. The Bertz CT molecular complexity index is 1430. The van der Waals surface area contributed by atoms with Crippen molar-refractivity contribution >= 4 is 27.8 Å². The van der Waals surface area contributed by atoms with E-state index < -0.39 is 0 Å². The first kappa shape index (κ1) is 19.2. The highest BCUT2D eigenvalue weighted by Gasteiger charge is 2.18. The fourth-order valence-corrected chi connectivity index (χ4v) is 4.22. The molecule has 0 radical (unpaired) electrons. The summed E-state index contributed by atoms with van der Waals surface area (Å²) in [5.41, 5.74) is 14.5. The van der Waals surface area contributed by atoms with Gasteiger partial charge in [-0.3, -0.25) is 4.98 Å². The summed E-state index contributed by atoms with van der Waals surface area (Å²) in [4.78, 5) is 13.7. The van der Waals surface area contributed by atoms with Crippen molar-refractivity contribution in [2.45, 2.75) is 33.7 Å². The summed E-state index contributed by atoms with van der Waals surface area (Å²) in [5.74, 6) is 0.467. The number of anilines is 1. The molecule has 3 aromatic heterocycles. The van der Waals surface area contributed by atoms with Crippen molar-refractivity contribution in [3.63, 3.8) is 0 Å². The number of nitrogen functional groups attached to an aromatic ring is 1. The number of hydrogen-bond donors (Lipinski definition) is 1. The van der Waals surface area contributed by atoms with Crippen molar-refractivity contribution in [1.82, 2.24) is 24.7 Å². The number of pyridine rings is 1. The molecule has 0 aliphatic heterocycles. The van der Waals surface area contributed by atoms with Crippen molar-refractivity contribution in [1.29, 1.82) is 0 Å². The molecule has 5 rings (SSSR count). The van der Waals surface area contributed by atoms with Crippen LogP contribution in [0.3, 0.4) is 0 Å². The molecule has 0 saturated heterocycles. The van der Waals surface area contributed by atoms with Crippen LogP contribution in [0.1, 0.15) is 29.4 Å². The van der Waals surface area contributed by atoms with Gasteiger partial charge in [0, 0.05) is 10.9 Å². The zero-order chi connectivity index (χ0) is 21.5. The second-order valence-electron chi connectivity index (χ2n) is 7.85. The van der Waals surface area contributed by atoms with Gasteiger partial charge >= 0.3 is 0 Å². The van der Waals surface area contributed by atoms with Crippen LogP contribution in [0, 0.1) is 13.8 Å². The Balaban J connectivity index is 1.75. The van der Waals surface area contributed by atoms with Gasteiger partial charge in [-0.25, -0.2) is 14.6 Å². The van der Waals surface area contributed by atoms with Gasteiger partial charge in [0.2, 0.25) is 0 Å². The lowest BCUT2D eigenvalue weighted by atomic mass is 9.96. The van der Waals surface area contributed by atoms with Crippen molar-refractivity contribution < 1.29 is 0 Å². The minimum absolute atomic E-state index is 0.467. The Morgan fingerprint density at radius 3 is 2.52 bits per heavy atom. The van der Waals surface area contributed by atoms with Crippen LogP contribution in [-0.4, -0.2) is 24.7 Å². The summed E-state index contributed by atoms with van der Waals surface area (Å²) in [5, 5.41) is 6.81. The maximum atomic E-state index is 6.15. The van der Waals surface area contributed by atoms with Gasteiger partial charge in [-0.15, -0.1) is 0 Å². The Morgan fingerprint density at radius 1 is 0.903 bits per heavy atom. The molecule has 6 heteroatoms. The quantitative estimate of drug-likeness (QED) is 0.460. The fourth-order valence-electron chi connectivity index (χ4n) is 4.22. The van der Waals surface area contributed by atoms with Crippen LogP contribution in [0.4, 0.5) is 5.82 Å². The monoisotopic (exact) mass is 408 g/mol. The highest BCUT2D eigenvalue weighted by molar-refractivity contribution is 5.89. The number of benzene rings is 2. The Kier molecular flexibility index (Phi) is 4.62. The predicted octanol–water partition coefficient (Wildman–Crippen LogP) is 4.85. The third-order valence-corrected chi connectivity index (χ3v) is 5.86. The fraction of sp³-hybridized carbons (Fsp3) is 0.200. The molecule has 5 aromatic rings. The molecule has 0 atom stereocenters. The molecule has 3 heterocycles. The van der Waals surface area contributed by atoms with E-state index in [1.54, 1.807) is 0 Å². The predicted molar refractivity (Wildman–Crippen MR) is 125 cm³/mol. The number of hydrogen-bond acceptors (Lipinski definition) is 5. The molecular formula is C25H24N6. The molecule has 0 spiro atoms. The zero-order valence-electron chi connectivity index (χ0n) is 17.9. The molecule has 0 bridgehead atoms. The van der Waals surface area contributed by atoms with Gasteiger partial charge in [0.05, 0.1) is 28.8 Å². The molecule has 0 amide bonds. The standard InChI is InChI=1S/C25H24N6/c1-4-20-23-24(26)27-14-28-25(23)31(30-20)13-22-19(17-10-6-5-8-15(17)2)12-18-16(3)9-7-11-21(18)29-22/h5-12,14H,4,13H2,1-3H3,(H2,26,27,28). The molecule has 154 valence electrons. The van der Waals surface area contributed by atoms with E-state index in [0.29, 0.717) is 12.4 Å². The highest BCUT2D eigenvalue weighted by atomic mass is 15.3. The van der Waals surface area contributed by atoms with Gasteiger partial charge in [-0.2, -0.15) is 5.10 Å². The van der Waals surface area contributed by atoms with Crippen molar-refractivity contribution in [2.75, 3.05) is 5.73 Å². The summed E-state index contributed by atoms with van der Waals surface area (Å²) in [6, 6.07) is 16.9. The van der Waals surface area contributed by atoms with E-state index in [1.807, 2.05) is 10.7 Å². The van der Waals surface area contributed by atoms with Gasteiger partial charge in [-0.05, 0) is 49.1 Å². The first-order valence-corrected chi connectivity index (χ1v) is 10.5. The second kappa shape index (κ2) is 7.47. The van der Waals surface area contributed by atoms with Crippen LogP contribution in [0.15, 0.2) is 54.9 Å². The summed E-state index contributed by atoms with van der Waals surface area (Å²) >= 11 is 0. The van der Waals surface area contributed by atoms with Gasteiger partial charge in [-0.1, -0.05) is 43.3 Å². The maximum absolute atomic E-state index is 6.15. The first-order chi connectivity index (χ1) is 15.1. The average molecular weight is 409 g/mol. The Hall–Kier alpha value is -3.80. The number of nitrogens with two attached hydrogens (primary N) is 1. The summed E-state index contributed by atoms with van der Waals surface area (Å²) in [6.45, 7) is 6.82. The summed E-state index contributed by atoms with van der Waals surface area (Å²) < 4.78 is 1.90. The molecule has 31 heavy (non-hydrogen) atoms. The number of rotatable bonds is 4. The number of aromatic nitrogens is 5. The minimum atomic E-state index is 0.467. The molecule has 0 unspecified atom stereocenters. The molecular weight excluding hydrogens is 384 g/mol. The molecule has 2 N–H and O–H groups in total. The van der Waals surface area contributed by atoms with Crippen LogP contribution in [0.5, 0.6) is 0 Å². The number of aryl methyl sites for hydroxylation is 3. The Labute approximate surface area is 180 Å². The average Bonchev–Trinajstić information content (AvgIpc) is 3.13. The zero-order valence-corrected chi connectivity index (χ0v) is 17.9. The molecule has 2 aromatic carbocycles. The van der Waals surface area contributed by atoms with Crippen molar-refractivity contribution in [3.8, 4) is 11.1 Å². The molecule has 0 aliphatic carbocycles. The number of nitrogens with zero attached hydrogens (tertiary/aromatic N) is 5. The normalized spacial score (nSPS) is 11.5. The van der Waals surface area contributed by atoms with Crippen LogP contribution in [0.25, 0.3) is 33.1 Å². The van der Waals surface area contributed by atoms with Gasteiger partial charge in [0.15, 0.2) is 5.65 Å². The summed E-state index contributed by atoms with van der Waals surface area (Å²) in [6.07, 6.45) is 2.25. The van der Waals surface area contributed by atoms with E-state index in [2.05, 4.69) is 73.2 Å².